The van der Waals surface area contributed by atoms with Crippen molar-refractivity contribution in [1.29, 1.82) is 0 Å². The number of hydrazone groups is 1. The molecule has 2 rings (SSSR count). The van der Waals surface area contributed by atoms with Crippen molar-refractivity contribution in [2.75, 3.05) is 20.3 Å². The molecule has 150 valence electrons. The Labute approximate surface area is 160 Å². The van der Waals surface area contributed by atoms with Gasteiger partial charge in [-0.1, -0.05) is 12.1 Å². The van der Waals surface area contributed by atoms with Gasteiger partial charge < -0.3 is 18.9 Å². The predicted octanol–water partition coefficient (Wildman–Crippen LogP) is 3.22. The smallest absolute Gasteiger partial charge is 0.387 e. The van der Waals surface area contributed by atoms with Crippen molar-refractivity contribution >= 4 is 12.1 Å². The van der Waals surface area contributed by atoms with Gasteiger partial charge in [-0.05, 0) is 42.8 Å². The average molecular weight is 394 g/mol. The Kier molecular flexibility index (Phi) is 8.01. The van der Waals surface area contributed by atoms with E-state index < -0.39 is 12.5 Å². The summed E-state index contributed by atoms with van der Waals surface area (Å²) in [7, 11) is 1.50. The Balaban J connectivity index is 1.92. The van der Waals surface area contributed by atoms with Crippen LogP contribution in [-0.2, 0) is 4.79 Å². The van der Waals surface area contributed by atoms with E-state index in [1.165, 1.54) is 31.5 Å². The average Bonchev–Trinajstić information content (AvgIpc) is 2.68. The Bertz CT molecular complexity index is 815. The summed E-state index contributed by atoms with van der Waals surface area (Å²) in [6.45, 7) is -1.23. The fourth-order valence-corrected chi connectivity index (χ4v) is 2.16. The first-order valence-corrected chi connectivity index (χ1v) is 8.32. The van der Waals surface area contributed by atoms with Crippen LogP contribution in [0.25, 0.3) is 0 Å². The Hall–Kier alpha value is -3.36. The molecule has 0 unspecified atom stereocenters. The van der Waals surface area contributed by atoms with Crippen molar-refractivity contribution in [3.8, 4) is 23.0 Å². The fraction of sp³-hybridized carbons (Fsp3) is 0.263. The van der Waals surface area contributed by atoms with Crippen LogP contribution in [0.15, 0.2) is 47.6 Å². The van der Waals surface area contributed by atoms with Crippen LogP contribution in [-0.4, -0.2) is 39.1 Å². The number of nitrogens with zero attached hydrogens (tertiary/aromatic N) is 1. The number of rotatable bonds is 10. The highest BCUT2D eigenvalue weighted by Crippen LogP contribution is 2.29. The maximum absolute atomic E-state index is 12.4. The van der Waals surface area contributed by atoms with Crippen LogP contribution < -0.4 is 24.4 Å². The molecule has 0 aromatic heterocycles. The van der Waals surface area contributed by atoms with Gasteiger partial charge in [0.15, 0.2) is 29.6 Å². The lowest BCUT2D eigenvalue weighted by Crippen LogP contribution is -2.24. The number of alkyl halides is 2. The van der Waals surface area contributed by atoms with Gasteiger partial charge in [0.05, 0.1) is 19.9 Å². The molecule has 0 fully saturated rings. The van der Waals surface area contributed by atoms with Crippen LogP contribution in [0.3, 0.4) is 0 Å². The molecule has 0 bridgehead atoms. The molecule has 0 spiro atoms. The number of hydrogen-bond acceptors (Lipinski definition) is 6. The third-order valence-corrected chi connectivity index (χ3v) is 3.31. The number of benzene rings is 2. The van der Waals surface area contributed by atoms with E-state index in [2.05, 4.69) is 15.3 Å². The summed E-state index contributed by atoms with van der Waals surface area (Å²) in [4.78, 5) is 11.8. The van der Waals surface area contributed by atoms with Crippen molar-refractivity contribution in [1.82, 2.24) is 5.43 Å². The summed E-state index contributed by atoms with van der Waals surface area (Å²) in [5.74, 6) is 0.527. The highest BCUT2D eigenvalue weighted by Gasteiger charge is 2.11. The minimum Gasteiger partial charge on any atom is -0.493 e. The molecule has 0 aliphatic heterocycles. The van der Waals surface area contributed by atoms with E-state index in [1.54, 1.807) is 31.2 Å². The lowest BCUT2D eigenvalue weighted by atomic mass is 10.2. The SMILES string of the molecule is CCOc1cc(/C=N\NC(=O)COc2ccccc2OC)ccc1OC(F)F. The Morgan fingerprint density at radius 3 is 2.54 bits per heavy atom. The van der Waals surface area contributed by atoms with E-state index in [0.29, 0.717) is 17.1 Å². The molecule has 1 N–H and O–H groups in total. The number of amides is 1. The summed E-state index contributed by atoms with van der Waals surface area (Å²) in [5, 5.41) is 3.81. The zero-order valence-electron chi connectivity index (χ0n) is 15.4. The molecule has 7 nitrogen and oxygen atoms in total. The maximum atomic E-state index is 12.4. The molecule has 2 aromatic rings. The van der Waals surface area contributed by atoms with Gasteiger partial charge in [-0.25, -0.2) is 5.43 Å². The van der Waals surface area contributed by atoms with Crippen molar-refractivity contribution in [3.63, 3.8) is 0 Å². The number of methoxy groups -OCH3 is 1. The predicted molar refractivity (Wildman–Crippen MR) is 98.5 cm³/mol. The van der Waals surface area contributed by atoms with E-state index in [4.69, 9.17) is 14.2 Å². The summed E-state index contributed by atoms with van der Waals surface area (Å²) in [6.07, 6.45) is 1.34. The standard InChI is InChI=1S/C19H20F2N2O5/c1-3-26-17-10-13(8-9-16(17)28-19(20)21)11-22-23-18(24)12-27-15-7-5-4-6-14(15)25-2/h4-11,19H,3,12H2,1-2H3,(H,23,24)/b22-11-. The monoisotopic (exact) mass is 394 g/mol. The number of nitrogens with one attached hydrogen (secondary N) is 1. The van der Waals surface area contributed by atoms with E-state index in [9.17, 15) is 13.6 Å². The van der Waals surface area contributed by atoms with Gasteiger partial charge >= 0.3 is 6.61 Å². The number of ether oxygens (including phenoxy) is 4. The highest BCUT2D eigenvalue weighted by molar-refractivity contribution is 5.83. The highest BCUT2D eigenvalue weighted by atomic mass is 19.3. The van der Waals surface area contributed by atoms with Crippen molar-refractivity contribution < 1.29 is 32.5 Å². The topological polar surface area (TPSA) is 78.4 Å². The van der Waals surface area contributed by atoms with E-state index in [0.717, 1.165) is 0 Å². The Morgan fingerprint density at radius 1 is 1.11 bits per heavy atom. The summed E-state index contributed by atoms with van der Waals surface area (Å²) in [6, 6.07) is 11.2. The van der Waals surface area contributed by atoms with Crippen LogP contribution in [0.5, 0.6) is 23.0 Å². The minimum atomic E-state index is -2.96. The van der Waals surface area contributed by atoms with E-state index in [-0.39, 0.29) is 24.7 Å². The zero-order valence-corrected chi connectivity index (χ0v) is 15.4. The van der Waals surface area contributed by atoms with Crippen LogP contribution in [0.1, 0.15) is 12.5 Å². The summed E-state index contributed by atoms with van der Waals surface area (Å²) in [5.41, 5.74) is 2.83. The Morgan fingerprint density at radius 2 is 1.86 bits per heavy atom. The van der Waals surface area contributed by atoms with Gasteiger partial charge in [0.2, 0.25) is 0 Å². The number of carbonyl (C=O) groups is 1. The second-order valence-electron chi connectivity index (χ2n) is 5.25. The van der Waals surface area contributed by atoms with Gasteiger partial charge in [-0.15, -0.1) is 0 Å². The van der Waals surface area contributed by atoms with Crippen molar-refractivity contribution in [2.45, 2.75) is 13.5 Å². The van der Waals surface area contributed by atoms with Gasteiger partial charge in [0, 0.05) is 0 Å². The molecule has 0 atom stereocenters. The number of halogens is 2. The number of hydrogen-bond donors (Lipinski definition) is 1. The quantitative estimate of drug-likeness (QED) is 0.495. The third kappa shape index (κ3) is 6.42. The summed E-state index contributed by atoms with van der Waals surface area (Å²) >= 11 is 0. The molecule has 2 aromatic carbocycles. The molecule has 1 amide bonds. The normalized spacial score (nSPS) is 10.8. The number of carbonyl (C=O) groups excluding carboxylic acids is 1. The molecule has 0 aliphatic carbocycles. The lowest BCUT2D eigenvalue weighted by Gasteiger charge is -2.11. The first-order valence-electron chi connectivity index (χ1n) is 8.32. The van der Waals surface area contributed by atoms with Gasteiger partial charge in [0.1, 0.15) is 0 Å². The second kappa shape index (κ2) is 10.7. The van der Waals surface area contributed by atoms with Gasteiger partial charge in [-0.3, -0.25) is 4.79 Å². The molecular weight excluding hydrogens is 374 g/mol. The van der Waals surface area contributed by atoms with Crippen LogP contribution in [0, 0.1) is 0 Å². The maximum Gasteiger partial charge on any atom is 0.387 e. The largest absolute Gasteiger partial charge is 0.493 e. The van der Waals surface area contributed by atoms with Crippen LogP contribution >= 0.6 is 0 Å². The first kappa shape index (κ1) is 20.9. The first-order chi connectivity index (χ1) is 13.5. The lowest BCUT2D eigenvalue weighted by molar-refractivity contribution is -0.123. The molecule has 0 saturated carbocycles. The molecule has 0 radical (unpaired) electrons. The van der Waals surface area contributed by atoms with Gasteiger partial charge in [0.25, 0.3) is 5.91 Å². The molecule has 0 aliphatic rings. The number of para-hydroxylation sites is 2. The van der Waals surface area contributed by atoms with E-state index in [1.807, 2.05) is 0 Å². The minimum absolute atomic E-state index is 0.0803. The van der Waals surface area contributed by atoms with Crippen molar-refractivity contribution in [2.24, 2.45) is 5.10 Å². The summed E-state index contributed by atoms with van der Waals surface area (Å²) < 4.78 is 45.0. The van der Waals surface area contributed by atoms with Gasteiger partial charge in [-0.2, -0.15) is 13.9 Å². The third-order valence-electron chi connectivity index (χ3n) is 3.31. The molecule has 28 heavy (non-hydrogen) atoms. The molecule has 0 heterocycles. The zero-order chi connectivity index (χ0) is 20.4. The molecular formula is C19H20F2N2O5. The molecule has 0 saturated heterocycles. The molecule has 9 heteroatoms. The van der Waals surface area contributed by atoms with Crippen LogP contribution in [0.4, 0.5) is 8.78 Å². The van der Waals surface area contributed by atoms with Crippen LogP contribution in [0.2, 0.25) is 0 Å². The van der Waals surface area contributed by atoms with Crippen molar-refractivity contribution in [3.05, 3.63) is 48.0 Å². The second-order valence-corrected chi connectivity index (χ2v) is 5.25. The van der Waals surface area contributed by atoms with E-state index >= 15 is 0 Å². The fourth-order valence-electron chi connectivity index (χ4n) is 2.16.